The van der Waals surface area contributed by atoms with Gasteiger partial charge in [0.2, 0.25) is 0 Å². The minimum Gasteiger partial charge on any atom is -0.444 e. The molecule has 1 aliphatic rings. The highest BCUT2D eigenvalue weighted by Crippen LogP contribution is 2.19. The highest BCUT2D eigenvalue weighted by atomic mass is 16.6. The molecule has 1 fully saturated rings. The summed E-state index contributed by atoms with van der Waals surface area (Å²) in [7, 11) is 0. The van der Waals surface area contributed by atoms with Crippen LogP contribution in [0.15, 0.2) is 49.1 Å². The monoisotopic (exact) mass is 387 g/mol. The van der Waals surface area contributed by atoms with E-state index in [-0.39, 0.29) is 32.0 Å². The quantitative estimate of drug-likeness (QED) is 0.292. The smallest absolute Gasteiger partial charge is 0.413 e. The second kappa shape index (κ2) is 10.1. The highest BCUT2D eigenvalue weighted by molar-refractivity contribution is 5.91. The Morgan fingerprint density at radius 3 is 2.64 bits per heavy atom. The Morgan fingerprint density at radius 1 is 1.29 bits per heavy atom. The molecule has 0 aliphatic carbocycles. The zero-order valence-electron chi connectivity index (χ0n) is 15.5. The average molecular weight is 387 g/mol. The summed E-state index contributed by atoms with van der Waals surface area (Å²) in [4.78, 5) is 47.9. The van der Waals surface area contributed by atoms with E-state index in [2.05, 4.69) is 6.58 Å². The molecule has 0 radical (unpaired) electrons. The average Bonchev–Trinajstić information content (AvgIpc) is 3.04. The number of allylic oxidation sites excluding steroid dienone is 3. The van der Waals surface area contributed by atoms with Crippen LogP contribution in [0.2, 0.25) is 0 Å². The zero-order valence-corrected chi connectivity index (χ0v) is 15.5. The van der Waals surface area contributed by atoms with E-state index in [4.69, 9.17) is 14.2 Å². The molecule has 8 nitrogen and oxygen atoms in total. The van der Waals surface area contributed by atoms with E-state index in [9.17, 15) is 19.2 Å². The molecule has 148 valence electrons. The molecule has 0 spiro atoms. The summed E-state index contributed by atoms with van der Waals surface area (Å²) >= 11 is 0. The van der Waals surface area contributed by atoms with Crippen molar-refractivity contribution in [2.45, 2.75) is 32.4 Å². The zero-order chi connectivity index (χ0) is 20.5. The Kier molecular flexibility index (Phi) is 7.50. The first-order valence-electron chi connectivity index (χ1n) is 8.60. The van der Waals surface area contributed by atoms with Crippen molar-refractivity contribution in [1.82, 2.24) is 4.90 Å². The van der Waals surface area contributed by atoms with Crippen LogP contribution in [0.5, 0.6) is 5.75 Å². The van der Waals surface area contributed by atoms with Gasteiger partial charge in [0.15, 0.2) is 12.5 Å². The van der Waals surface area contributed by atoms with Gasteiger partial charge in [0, 0.05) is 13.3 Å². The fraction of sp³-hybridized carbons (Fsp3) is 0.300. The van der Waals surface area contributed by atoms with Crippen molar-refractivity contribution < 1.29 is 33.4 Å². The van der Waals surface area contributed by atoms with Gasteiger partial charge in [-0.15, -0.1) is 0 Å². The molecule has 0 aromatic heterocycles. The molecule has 0 N–H and O–H groups in total. The lowest BCUT2D eigenvalue weighted by atomic mass is 10.1. The van der Waals surface area contributed by atoms with Gasteiger partial charge in [-0.05, 0) is 30.2 Å². The molecule has 0 saturated carbocycles. The molecule has 1 heterocycles. The number of amides is 1. The molecule has 1 aromatic rings. The van der Waals surface area contributed by atoms with Crippen LogP contribution in [0.4, 0.5) is 4.79 Å². The summed E-state index contributed by atoms with van der Waals surface area (Å²) in [5.41, 5.74) is 0.678. The first-order chi connectivity index (χ1) is 13.4. The van der Waals surface area contributed by atoms with Gasteiger partial charge in [0.05, 0.1) is 0 Å². The van der Waals surface area contributed by atoms with Crippen LogP contribution in [0.3, 0.4) is 0 Å². The number of carbonyl (C=O) groups excluding carboxylic acids is 4. The topological polar surface area (TPSA) is 99.2 Å². The van der Waals surface area contributed by atoms with Crippen LogP contribution in [-0.4, -0.2) is 41.5 Å². The molecule has 1 aliphatic heterocycles. The van der Waals surface area contributed by atoms with Crippen molar-refractivity contribution in [3.05, 3.63) is 54.6 Å². The second-order valence-electron chi connectivity index (χ2n) is 5.97. The van der Waals surface area contributed by atoms with Gasteiger partial charge >= 0.3 is 18.0 Å². The second-order valence-corrected chi connectivity index (χ2v) is 5.97. The summed E-state index contributed by atoms with van der Waals surface area (Å²) in [6.45, 7) is 4.53. The SMILES string of the molecule is C=C/C=C\C(=O)CCC1C(=O)OCN1C(=O)OCc1ccc(OC(C)=O)cc1. The van der Waals surface area contributed by atoms with Gasteiger partial charge in [-0.2, -0.15) is 0 Å². The van der Waals surface area contributed by atoms with Crippen LogP contribution in [0, 0.1) is 0 Å². The van der Waals surface area contributed by atoms with E-state index in [0.29, 0.717) is 11.3 Å². The Morgan fingerprint density at radius 2 is 2.00 bits per heavy atom. The standard InChI is InChI=1S/C20H21NO7/c1-3-4-5-16(23)8-11-18-19(24)27-13-21(18)20(25)26-12-15-6-9-17(10-7-15)28-14(2)22/h3-7,9-10,18H,1,8,11-13H2,2H3/b5-4-. The number of nitrogens with zero attached hydrogens (tertiary/aromatic N) is 1. The molecule has 0 bridgehead atoms. The Hall–Kier alpha value is -3.42. The molecule has 1 amide bonds. The summed E-state index contributed by atoms with van der Waals surface area (Å²) in [5, 5.41) is 0. The fourth-order valence-electron chi connectivity index (χ4n) is 2.49. The number of benzene rings is 1. The first kappa shape index (κ1) is 20.9. The Labute approximate surface area is 162 Å². The van der Waals surface area contributed by atoms with E-state index in [0.717, 1.165) is 4.90 Å². The maximum absolute atomic E-state index is 12.3. The summed E-state index contributed by atoms with van der Waals surface area (Å²) in [6.07, 6.45) is 3.86. The van der Waals surface area contributed by atoms with Gasteiger partial charge < -0.3 is 14.2 Å². The van der Waals surface area contributed by atoms with Crippen molar-refractivity contribution in [2.75, 3.05) is 6.73 Å². The number of cyclic esters (lactones) is 1. The maximum Gasteiger partial charge on any atom is 0.413 e. The third-order valence-corrected chi connectivity index (χ3v) is 3.86. The lowest BCUT2D eigenvalue weighted by Crippen LogP contribution is -2.38. The van der Waals surface area contributed by atoms with E-state index >= 15 is 0 Å². The molecule has 28 heavy (non-hydrogen) atoms. The molecular weight excluding hydrogens is 366 g/mol. The van der Waals surface area contributed by atoms with Crippen LogP contribution in [0.1, 0.15) is 25.3 Å². The molecule has 1 atom stereocenters. The number of ether oxygens (including phenoxy) is 3. The predicted molar refractivity (Wildman–Crippen MR) is 98.1 cm³/mol. The lowest BCUT2D eigenvalue weighted by molar-refractivity contribution is -0.139. The van der Waals surface area contributed by atoms with Crippen molar-refractivity contribution in [1.29, 1.82) is 0 Å². The van der Waals surface area contributed by atoms with Gasteiger partial charge in [-0.1, -0.05) is 30.9 Å². The van der Waals surface area contributed by atoms with Gasteiger partial charge in [-0.25, -0.2) is 9.59 Å². The van der Waals surface area contributed by atoms with E-state index in [1.807, 2.05) is 0 Å². The largest absolute Gasteiger partial charge is 0.444 e. The number of carbonyl (C=O) groups is 4. The number of hydrogen-bond donors (Lipinski definition) is 0. The normalized spacial score (nSPS) is 16.0. The third-order valence-electron chi connectivity index (χ3n) is 3.86. The summed E-state index contributed by atoms with van der Waals surface area (Å²) in [6, 6.07) is 5.61. The van der Waals surface area contributed by atoms with Crippen LogP contribution < -0.4 is 4.74 Å². The molecular formula is C20H21NO7. The molecule has 1 aromatic carbocycles. The van der Waals surface area contributed by atoms with E-state index < -0.39 is 24.1 Å². The Balaban J connectivity index is 1.88. The molecule has 8 heteroatoms. The van der Waals surface area contributed by atoms with Crippen molar-refractivity contribution in [3.63, 3.8) is 0 Å². The lowest BCUT2D eigenvalue weighted by Gasteiger charge is -2.19. The summed E-state index contributed by atoms with van der Waals surface area (Å²) < 4.78 is 15.1. The van der Waals surface area contributed by atoms with Crippen LogP contribution in [-0.2, 0) is 30.5 Å². The molecule has 1 unspecified atom stereocenters. The summed E-state index contributed by atoms with van der Waals surface area (Å²) in [5.74, 6) is -0.789. The predicted octanol–water partition coefficient (Wildman–Crippen LogP) is 2.52. The van der Waals surface area contributed by atoms with Crippen molar-refractivity contribution in [3.8, 4) is 5.75 Å². The fourth-order valence-corrected chi connectivity index (χ4v) is 2.49. The Bertz CT molecular complexity index is 782. The van der Waals surface area contributed by atoms with Gasteiger partial charge in [0.1, 0.15) is 18.4 Å². The number of ketones is 1. The number of hydrogen-bond acceptors (Lipinski definition) is 7. The van der Waals surface area contributed by atoms with Gasteiger partial charge in [-0.3, -0.25) is 14.5 Å². The van der Waals surface area contributed by atoms with Crippen molar-refractivity contribution >= 4 is 23.8 Å². The number of rotatable bonds is 8. The first-order valence-corrected chi connectivity index (χ1v) is 8.60. The van der Waals surface area contributed by atoms with Crippen LogP contribution >= 0.6 is 0 Å². The minimum atomic E-state index is -0.861. The molecule has 2 rings (SSSR count). The highest BCUT2D eigenvalue weighted by Gasteiger charge is 2.38. The van der Waals surface area contributed by atoms with Crippen molar-refractivity contribution in [2.24, 2.45) is 0 Å². The molecule has 1 saturated heterocycles. The van der Waals surface area contributed by atoms with Gasteiger partial charge in [0.25, 0.3) is 0 Å². The van der Waals surface area contributed by atoms with E-state index in [1.165, 1.54) is 25.2 Å². The number of esters is 2. The minimum absolute atomic E-state index is 0.0302. The van der Waals surface area contributed by atoms with Crippen LogP contribution in [0.25, 0.3) is 0 Å². The third kappa shape index (κ3) is 6.08. The maximum atomic E-state index is 12.3. The van der Waals surface area contributed by atoms with E-state index in [1.54, 1.807) is 24.3 Å².